The van der Waals surface area contributed by atoms with Crippen LogP contribution in [-0.2, 0) is 9.84 Å². The molecule has 1 aliphatic rings. The Hall–Kier alpha value is -1.67. The van der Waals surface area contributed by atoms with E-state index in [1.165, 1.54) is 12.1 Å². The summed E-state index contributed by atoms with van der Waals surface area (Å²) in [6, 6.07) is 4.24. The number of rotatable bonds is 3. The molecule has 1 fully saturated rings. The number of anilines is 1. The van der Waals surface area contributed by atoms with Gasteiger partial charge in [-0.3, -0.25) is 10.1 Å². The number of non-ortho nitro benzene ring substituents is 1. The lowest BCUT2D eigenvalue weighted by atomic mass is 10.2. The summed E-state index contributed by atoms with van der Waals surface area (Å²) >= 11 is 0. The van der Waals surface area contributed by atoms with E-state index >= 15 is 0 Å². The van der Waals surface area contributed by atoms with Gasteiger partial charge in [0.05, 0.1) is 15.5 Å². The molecule has 1 aromatic carbocycles. The highest BCUT2D eigenvalue weighted by Gasteiger charge is 2.24. The monoisotopic (exact) mass is 299 g/mol. The van der Waals surface area contributed by atoms with E-state index in [4.69, 9.17) is 0 Å². The van der Waals surface area contributed by atoms with E-state index in [1.54, 1.807) is 0 Å². The molecule has 7 nitrogen and oxygen atoms in total. The van der Waals surface area contributed by atoms with Crippen molar-refractivity contribution in [2.24, 2.45) is 0 Å². The molecule has 2 rings (SSSR count). The molecule has 1 aliphatic heterocycles. The number of nitro groups is 1. The SMILES string of the molecule is C[C@@H]1CN(c2ccc([N+](=O)[O-])cc2S(C)(=O)=O)CCN1. The zero-order valence-corrected chi connectivity index (χ0v) is 12.2. The molecule has 0 aromatic heterocycles. The second-order valence-corrected chi connectivity index (χ2v) is 6.97. The maximum atomic E-state index is 11.9. The molecule has 0 radical (unpaired) electrons. The van der Waals surface area contributed by atoms with Crippen molar-refractivity contribution in [2.75, 3.05) is 30.8 Å². The second-order valence-electron chi connectivity index (χ2n) is 4.98. The Balaban J connectivity index is 2.49. The van der Waals surface area contributed by atoms with Gasteiger partial charge in [-0.25, -0.2) is 8.42 Å². The first-order valence-corrected chi connectivity index (χ1v) is 8.15. The van der Waals surface area contributed by atoms with Crippen LogP contribution in [0.4, 0.5) is 11.4 Å². The van der Waals surface area contributed by atoms with Crippen LogP contribution in [0.25, 0.3) is 0 Å². The molecule has 0 spiro atoms. The van der Waals surface area contributed by atoms with E-state index in [0.717, 1.165) is 18.9 Å². The van der Waals surface area contributed by atoms with Crippen LogP contribution in [0.5, 0.6) is 0 Å². The fourth-order valence-electron chi connectivity index (χ4n) is 2.33. The van der Waals surface area contributed by atoms with Gasteiger partial charge in [0.2, 0.25) is 0 Å². The topological polar surface area (TPSA) is 92.5 Å². The maximum Gasteiger partial charge on any atom is 0.270 e. The van der Waals surface area contributed by atoms with Gasteiger partial charge in [-0.15, -0.1) is 0 Å². The fourth-order valence-corrected chi connectivity index (χ4v) is 3.24. The first kappa shape index (κ1) is 14.7. The van der Waals surface area contributed by atoms with Crippen LogP contribution in [0, 0.1) is 10.1 Å². The summed E-state index contributed by atoms with van der Waals surface area (Å²) in [5.41, 5.74) is 0.323. The summed E-state index contributed by atoms with van der Waals surface area (Å²) in [5.74, 6) is 0. The van der Waals surface area contributed by atoms with E-state index < -0.39 is 14.8 Å². The number of sulfone groups is 1. The van der Waals surface area contributed by atoms with Crippen LogP contribution in [0.15, 0.2) is 23.1 Å². The zero-order chi connectivity index (χ0) is 14.9. The van der Waals surface area contributed by atoms with Gasteiger partial charge in [0, 0.05) is 44.1 Å². The van der Waals surface area contributed by atoms with Gasteiger partial charge in [0.15, 0.2) is 9.84 Å². The van der Waals surface area contributed by atoms with Crippen molar-refractivity contribution in [2.45, 2.75) is 17.9 Å². The molecule has 110 valence electrons. The molecule has 1 saturated heterocycles. The summed E-state index contributed by atoms with van der Waals surface area (Å²) in [5, 5.41) is 14.1. The van der Waals surface area contributed by atoms with E-state index in [-0.39, 0.29) is 16.6 Å². The Morgan fingerprint density at radius 3 is 2.70 bits per heavy atom. The van der Waals surface area contributed by atoms with Gasteiger partial charge in [0.25, 0.3) is 5.69 Å². The molecule has 0 aliphatic carbocycles. The molecule has 1 atom stereocenters. The summed E-state index contributed by atoms with van der Waals surface area (Å²) in [4.78, 5) is 12.2. The largest absolute Gasteiger partial charge is 0.368 e. The molecule has 20 heavy (non-hydrogen) atoms. The molecule has 0 saturated carbocycles. The quantitative estimate of drug-likeness (QED) is 0.655. The predicted octanol–water partition coefficient (Wildman–Crippen LogP) is 0.796. The van der Waals surface area contributed by atoms with Crippen LogP contribution in [-0.4, -0.2) is 45.3 Å². The van der Waals surface area contributed by atoms with Gasteiger partial charge in [0.1, 0.15) is 0 Å². The Morgan fingerprint density at radius 2 is 2.15 bits per heavy atom. The number of benzene rings is 1. The van der Waals surface area contributed by atoms with Gasteiger partial charge in [-0.2, -0.15) is 0 Å². The van der Waals surface area contributed by atoms with Crippen molar-refractivity contribution in [3.05, 3.63) is 28.3 Å². The first-order chi connectivity index (χ1) is 9.29. The summed E-state index contributed by atoms with van der Waals surface area (Å²) in [6.45, 7) is 4.10. The fraction of sp³-hybridized carbons (Fsp3) is 0.500. The second kappa shape index (κ2) is 5.37. The van der Waals surface area contributed by atoms with Crippen LogP contribution in [0.2, 0.25) is 0 Å². The Morgan fingerprint density at radius 1 is 1.45 bits per heavy atom. The van der Waals surface area contributed by atoms with Gasteiger partial charge < -0.3 is 10.2 Å². The summed E-state index contributed by atoms with van der Waals surface area (Å²) < 4.78 is 23.8. The minimum atomic E-state index is -3.52. The highest BCUT2D eigenvalue weighted by molar-refractivity contribution is 7.90. The van der Waals surface area contributed by atoms with Gasteiger partial charge >= 0.3 is 0 Å². The normalized spacial score (nSPS) is 19.9. The van der Waals surface area contributed by atoms with Crippen molar-refractivity contribution in [1.29, 1.82) is 0 Å². The third-order valence-corrected chi connectivity index (χ3v) is 4.39. The standard InChI is InChI=1S/C12H17N3O4S/c1-9-8-14(6-5-13-9)11-4-3-10(15(16)17)7-12(11)20(2,18)19/h3-4,7,9,13H,5-6,8H2,1-2H3/t9-/m1/s1. The summed E-state index contributed by atoms with van der Waals surface area (Å²) in [6.07, 6.45) is 1.07. The zero-order valence-electron chi connectivity index (χ0n) is 11.4. The third-order valence-electron chi connectivity index (χ3n) is 3.26. The predicted molar refractivity (Wildman–Crippen MR) is 75.9 cm³/mol. The van der Waals surface area contributed by atoms with Crippen molar-refractivity contribution in [3.8, 4) is 0 Å². The molecular formula is C12H17N3O4S. The van der Waals surface area contributed by atoms with E-state index in [9.17, 15) is 18.5 Å². The Kier molecular flexibility index (Phi) is 3.96. The van der Waals surface area contributed by atoms with Crippen LogP contribution in [0.1, 0.15) is 6.92 Å². The van der Waals surface area contributed by atoms with Crippen LogP contribution in [0.3, 0.4) is 0 Å². The van der Waals surface area contributed by atoms with E-state index in [2.05, 4.69) is 5.32 Å². The lowest BCUT2D eigenvalue weighted by Crippen LogP contribution is -2.49. The van der Waals surface area contributed by atoms with E-state index in [0.29, 0.717) is 18.8 Å². The number of hydrogen-bond acceptors (Lipinski definition) is 6. The molecule has 1 N–H and O–H groups in total. The average Bonchev–Trinajstić information content (AvgIpc) is 2.37. The van der Waals surface area contributed by atoms with Gasteiger partial charge in [-0.05, 0) is 13.0 Å². The first-order valence-electron chi connectivity index (χ1n) is 6.26. The van der Waals surface area contributed by atoms with Crippen LogP contribution >= 0.6 is 0 Å². The number of nitrogens with one attached hydrogen (secondary N) is 1. The van der Waals surface area contributed by atoms with Crippen molar-refractivity contribution >= 4 is 21.2 Å². The number of nitro benzene ring substituents is 1. The molecule has 8 heteroatoms. The molecule has 0 unspecified atom stereocenters. The van der Waals surface area contributed by atoms with Crippen molar-refractivity contribution in [3.63, 3.8) is 0 Å². The summed E-state index contributed by atoms with van der Waals surface area (Å²) in [7, 11) is -3.52. The van der Waals surface area contributed by atoms with Crippen molar-refractivity contribution < 1.29 is 13.3 Å². The molecule has 1 heterocycles. The number of hydrogen-bond donors (Lipinski definition) is 1. The Bertz CT molecular complexity index is 630. The highest BCUT2D eigenvalue weighted by Crippen LogP contribution is 2.30. The highest BCUT2D eigenvalue weighted by atomic mass is 32.2. The third kappa shape index (κ3) is 3.07. The molecule has 0 amide bonds. The lowest BCUT2D eigenvalue weighted by molar-refractivity contribution is -0.385. The van der Waals surface area contributed by atoms with Crippen molar-refractivity contribution in [1.82, 2.24) is 5.32 Å². The minimum Gasteiger partial charge on any atom is -0.368 e. The maximum absolute atomic E-state index is 11.9. The Labute approximate surface area is 117 Å². The van der Waals surface area contributed by atoms with E-state index in [1.807, 2.05) is 11.8 Å². The average molecular weight is 299 g/mol. The number of piperazine rings is 1. The lowest BCUT2D eigenvalue weighted by Gasteiger charge is -2.34. The van der Waals surface area contributed by atoms with Crippen LogP contribution < -0.4 is 10.2 Å². The number of nitrogens with zero attached hydrogens (tertiary/aromatic N) is 2. The minimum absolute atomic E-state index is 0.0146. The smallest absolute Gasteiger partial charge is 0.270 e. The molecule has 0 bridgehead atoms. The van der Waals surface area contributed by atoms with Gasteiger partial charge in [-0.1, -0.05) is 0 Å². The molecule has 1 aromatic rings. The molecular weight excluding hydrogens is 282 g/mol.